The van der Waals surface area contributed by atoms with Crippen molar-refractivity contribution in [3.63, 3.8) is 0 Å². The number of hydrogen-bond donors (Lipinski definition) is 2. The molecule has 4 rings (SSSR count). The average molecular weight is 579 g/mol. The van der Waals surface area contributed by atoms with Gasteiger partial charge in [0.1, 0.15) is 0 Å². The Morgan fingerprint density at radius 2 is 1.21 bits per heavy atom. The number of benzene rings is 2. The van der Waals surface area contributed by atoms with Crippen LogP contribution in [0.2, 0.25) is 0 Å². The summed E-state index contributed by atoms with van der Waals surface area (Å²) in [5.41, 5.74) is 2.37. The van der Waals surface area contributed by atoms with Crippen molar-refractivity contribution < 1.29 is 9.59 Å². The highest BCUT2D eigenvalue weighted by Gasteiger charge is 2.29. The second-order valence-electron chi connectivity index (χ2n) is 9.19. The Labute approximate surface area is 243 Å². The van der Waals surface area contributed by atoms with E-state index >= 15 is 0 Å². The van der Waals surface area contributed by atoms with Gasteiger partial charge in [0.05, 0.1) is 11.4 Å². The van der Waals surface area contributed by atoms with E-state index in [9.17, 15) is 9.59 Å². The number of nitrogens with zero attached hydrogens (tertiary/aromatic N) is 2. The monoisotopic (exact) mass is 578 g/mol. The van der Waals surface area contributed by atoms with Crippen LogP contribution in [0.3, 0.4) is 0 Å². The Bertz CT molecular complexity index is 1310. The summed E-state index contributed by atoms with van der Waals surface area (Å²) in [4.78, 5) is 31.0. The molecular weight excluding hydrogens is 545 g/mol. The minimum absolute atomic E-state index is 0.350. The molecule has 6 nitrogen and oxygen atoms in total. The van der Waals surface area contributed by atoms with Crippen LogP contribution < -0.4 is 20.7 Å². The van der Waals surface area contributed by atoms with Crippen LogP contribution in [0.4, 0.5) is 21.0 Å². The van der Waals surface area contributed by atoms with Gasteiger partial charge in [0, 0.05) is 27.7 Å². The summed E-state index contributed by atoms with van der Waals surface area (Å²) >= 11 is 4.95. The highest BCUT2D eigenvalue weighted by Crippen LogP contribution is 2.27. The number of anilines is 2. The standard InChI is InChI=1S/C30H34N4O2S3/c1-22(2)23-8-10-24(11-9-23)33(29(35)31-18-16-27-6-4-20-38-27)34(25-12-14-26(37-3)15-13-25)30(36)32-19-17-28-7-5-21-39-28/h4-15,20-22H,16-19H2,1-3H3,(H,31,35)(H,32,36). The molecule has 0 aliphatic carbocycles. The third-order valence-corrected chi connectivity index (χ3v) is 8.78. The minimum atomic E-state index is -0.371. The lowest BCUT2D eigenvalue weighted by Gasteiger charge is -2.35. The van der Waals surface area contributed by atoms with Crippen molar-refractivity contribution in [2.45, 2.75) is 37.5 Å². The maximum Gasteiger partial charge on any atom is 0.341 e. The first-order valence-electron chi connectivity index (χ1n) is 12.9. The number of nitrogens with one attached hydrogen (secondary N) is 2. The number of thiophene rings is 2. The van der Waals surface area contributed by atoms with Crippen molar-refractivity contribution in [1.29, 1.82) is 0 Å². The molecule has 2 aromatic heterocycles. The molecule has 0 fully saturated rings. The Morgan fingerprint density at radius 1 is 0.744 bits per heavy atom. The summed E-state index contributed by atoms with van der Waals surface area (Å²) in [5.74, 6) is 0.350. The van der Waals surface area contributed by atoms with Crippen LogP contribution in [0.1, 0.15) is 35.1 Å². The van der Waals surface area contributed by atoms with Gasteiger partial charge >= 0.3 is 12.1 Å². The lowest BCUT2D eigenvalue weighted by atomic mass is 10.0. The number of hydrogen-bond acceptors (Lipinski definition) is 5. The average Bonchev–Trinajstić information content (AvgIpc) is 3.66. The largest absolute Gasteiger partial charge is 0.341 e. The summed E-state index contributed by atoms with van der Waals surface area (Å²) in [5, 5.41) is 13.0. The zero-order valence-corrected chi connectivity index (χ0v) is 24.9. The van der Waals surface area contributed by atoms with E-state index in [4.69, 9.17) is 0 Å². The van der Waals surface area contributed by atoms with E-state index in [1.807, 2.05) is 77.7 Å². The van der Waals surface area contributed by atoms with Crippen molar-refractivity contribution in [2.75, 3.05) is 29.4 Å². The normalized spacial score (nSPS) is 10.9. The molecule has 0 bridgehead atoms. The van der Waals surface area contributed by atoms with Crippen LogP contribution in [0.25, 0.3) is 0 Å². The number of urea groups is 2. The first kappa shape index (κ1) is 28.7. The predicted molar refractivity (Wildman–Crippen MR) is 167 cm³/mol. The molecule has 0 aliphatic rings. The van der Waals surface area contributed by atoms with Crippen molar-refractivity contribution in [2.24, 2.45) is 0 Å². The fourth-order valence-electron chi connectivity index (χ4n) is 4.02. The molecule has 0 spiro atoms. The highest BCUT2D eigenvalue weighted by molar-refractivity contribution is 7.98. The van der Waals surface area contributed by atoms with Crippen molar-refractivity contribution in [3.05, 3.63) is 98.9 Å². The van der Waals surface area contributed by atoms with Gasteiger partial charge in [-0.15, -0.1) is 34.4 Å². The Morgan fingerprint density at radius 3 is 1.59 bits per heavy atom. The van der Waals surface area contributed by atoms with Crippen LogP contribution in [0.15, 0.2) is 88.5 Å². The topological polar surface area (TPSA) is 64.7 Å². The number of hydrazine groups is 1. The summed E-state index contributed by atoms with van der Waals surface area (Å²) < 4.78 is 0. The fraction of sp³-hybridized carbons (Fsp3) is 0.267. The second kappa shape index (κ2) is 14.2. The molecule has 0 unspecified atom stereocenters. The molecule has 0 aliphatic heterocycles. The van der Waals surface area contributed by atoms with Gasteiger partial charge in [0.2, 0.25) is 0 Å². The summed E-state index contributed by atoms with van der Waals surface area (Å²) in [6.45, 7) is 5.17. The number of amides is 4. The van der Waals surface area contributed by atoms with E-state index in [1.165, 1.54) is 19.8 Å². The SMILES string of the molecule is CSc1ccc(N(C(=O)NCCc2cccs2)N(C(=O)NCCc2cccs2)c2ccc(C(C)C)cc2)cc1. The zero-order valence-electron chi connectivity index (χ0n) is 22.4. The molecule has 39 heavy (non-hydrogen) atoms. The van der Waals surface area contributed by atoms with E-state index in [1.54, 1.807) is 34.4 Å². The number of thioether (sulfide) groups is 1. The molecule has 0 saturated carbocycles. The Hall–Kier alpha value is -3.27. The van der Waals surface area contributed by atoms with Crippen LogP contribution in [-0.4, -0.2) is 31.4 Å². The zero-order chi connectivity index (χ0) is 27.6. The Balaban J connectivity index is 1.64. The van der Waals surface area contributed by atoms with Gasteiger partial charge in [0.25, 0.3) is 0 Å². The maximum absolute atomic E-state index is 13.8. The van der Waals surface area contributed by atoms with Crippen molar-refractivity contribution >= 4 is 57.9 Å². The quantitative estimate of drug-likeness (QED) is 0.149. The van der Waals surface area contributed by atoms with Gasteiger partial charge in [-0.05, 0) is 89.9 Å². The van der Waals surface area contributed by atoms with Gasteiger partial charge < -0.3 is 10.6 Å². The molecular formula is C30H34N4O2S3. The molecule has 0 saturated heterocycles. The predicted octanol–water partition coefficient (Wildman–Crippen LogP) is 7.79. The van der Waals surface area contributed by atoms with Gasteiger partial charge in [-0.25, -0.2) is 9.59 Å². The summed E-state index contributed by atoms with van der Waals surface area (Å²) in [7, 11) is 0. The molecule has 0 atom stereocenters. The van der Waals surface area contributed by atoms with Crippen molar-refractivity contribution in [1.82, 2.24) is 10.6 Å². The molecule has 9 heteroatoms. The smallest absolute Gasteiger partial charge is 0.336 e. The first-order chi connectivity index (χ1) is 19.0. The highest BCUT2D eigenvalue weighted by atomic mass is 32.2. The van der Waals surface area contributed by atoms with Gasteiger partial charge in [-0.1, -0.05) is 38.1 Å². The van der Waals surface area contributed by atoms with Gasteiger partial charge in [-0.3, -0.25) is 0 Å². The van der Waals surface area contributed by atoms with Gasteiger partial charge in [0.15, 0.2) is 0 Å². The Kier molecular flexibility index (Phi) is 10.5. The minimum Gasteiger partial charge on any atom is -0.336 e. The van der Waals surface area contributed by atoms with E-state index in [-0.39, 0.29) is 12.1 Å². The van der Waals surface area contributed by atoms with E-state index in [0.717, 1.165) is 23.3 Å². The lowest BCUT2D eigenvalue weighted by molar-refractivity contribution is 0.237. The molecule has 0 radical (unpaired) electrons. The number of carbonyl (C=O) groups excluding carboxylic acids is 2. The van der Waals surface area contributed by atoms with Crippen molar-refractivity contribution in [3.8, 4) is 0 Å². The second-order valence-corrected chi connectivity index (χ2v) is 12.1. The third kappa shape index (κ3) is 7.88. The molecule has 204 valence electrons. The molecule has 2 N–H and O–H groups in total. The summed E-state index contributed by atoms with van der Waals surface area (Å²) in [6, 6.07) is 22.9. The van der Waals surface area contributed by atoms with E-state index in [0.29, 0.717) is 30.4 Å². The van der Waals surface area contributed by atoms with E-state index in [2.05, 4.69) is 36.6 Å². The van der Waals surface area contributed by atoms with Crippen LogP contribution in [0, 0.1) is 0 Å². The van der Waals surface area contributed by atoms with Crippen LogP contribution in [0.5, 0.6) is 0 Å². The fourth-order valence-corrected chi connectivity index (χ4v) is 5.84. The molecule has 2 heterocycles. The van der Waals surface area contributed by atoms with Crippen LogP contribution in [-0.2, 0) is 12.8 Å². The number of rotatable bonds is 10. The third-order valence-electron chi connectivity index (χ3n) is 6.16. The van der Waals surface area contributed by atoms with Gasteiger partial charge in [-0.2, -0.15) is 10.0 Å². The lowest BCUT2D eigenvalue weighted by Crippen LogP contribution is -2.57. The first-order valence-corrected chi connectivity index (χ1v) is 15.9. The maximum atomic E-state index is 13.8. The van der Waals surface area contributed by atoms with E-state index < -0.39 is 0 Å². The molecule has 4 amide bonds. The molecule has 2 aromatic carbocycles. The molecule has 4 aromatic rings. The van der Waals surface area contributed by atoms with Crippen LogP contribution >= 0.6 is 34.4 Å². The number of carbonyl (C=O) groups is 2. The summed E-state index contributed by atoms with van der Waals surface area (Å²) in [6.07, 6.45) is 3.45.